The van der Waals surface area contributed by atoms with Crippen LogP contribution >= 0.6 is 0 Å². The standard InChI is InChI=1S/C10H14N2O2/c11-7-3-1-2-4-8(7)12-5-9(13)10(14)6-12/h1-4,9-10,13-14H,5-6,11H2/t9-,10-/m0/s1. The van der Waals surface area contributed by atoms with Crippen molar-refractivity contribution in [1.82, 2.24) is 0 Å². The monoisotopic (exact) mass is 194 g/mol. The smallest absolute Gasteiger partial charge is 0.0990 e. The highest BCUT2D eigenvalue weighted by atomic mass is 16.3. The van der Waals surface area contributed by atoms with Gasteiger partial charge in [-0.15, -0.1) is 0 Å². The van der Waals surface area contributed by atoms with E-state index in [1.54, 1.807) is 0 Å². The largest absolute Gasteiger partial charge is 0.397 e. The number of aliphatic hydroxyl groups is 2. The lowest BCUT2D eigenvalue weighted by molar-refractivity contribution is 0.0572. The van der Waals surface area contributed by atoms with Gasteiger partial charge in [-0.1, -0.05) is 12.1 Å². The van der Waals surface area contributed by atoms with Crippen LogP contribution in [0.4, 0.5) is 11.4 Å². The summed E-state index contributed by atoms with van der Waals surface area (Å²) in [4.78, 5) is 1.89. The van der Waals surface area contributed by atoms with Crippen LogP contribution in [-0.2, 0) is 0 Å². The number of nitrogen functional groups attached to an aromatic ring is 1. The minimum Gasteiger partial charge on any atom is -0.397 e. The Hall–Kier alpha value is -1.26. The van der Waals surface area contributed by atoms with E-state index in [-0.39, 0.29) is 0 Å². The Morgan fingerprint density at radius 2 is 1.71 bits per heavy atom. The fourth-order valence-electron chi connectivity index (χ4n) is 1.74. The summed E-state index contributed by atoms with van der Waals surface area (Å²) in [6.45, 7) is 0.880. The molecule has 4 nitrogen and oxygen atoms in total. The van der Waals surface area contributed by atoms with Crippen molar-refractivity contribution in [2.75, 3.05) is 23.7 Å². The van der Waals surface area contributed by atoms with Gasteiger partial charge in [0.15, 0.2) is 0 Å². The summed E-state index contributed by atoms with van der Waals surface area (Å²) in [5.41, 5.74) is 7.34. The Bertz CT molecular complexity index is 320. The molecule has 0 aliphatic carbocycles. The van der Waals surface area contributed by atoms with Crippen molar-refractivity contribution >= 4 is 11.4 Å². The number of benzene rings is 1. The third kappa shape index (κ3) is 1.54. The first-order valence-electron chi connectivity index (χ1n) is 4.64. The van der Waals surface area contributed by atoms with Crippen LogP contribution in [0.1, 0.15) is 0 Å². The van der Waals surface area contributed by atoms with Crippen LogP contribution in [0.25, 0.3) is 0 Å². The molecule has 76 valence electrons. The van der Waals surface area contributed by atoms with E-state index in [9.17, 15) is 10.2 Å². The first-order chi connectivity index (χ1) is 6.68. The van der Waals surface area contributed by atoms with Gasteiger partial charge in [0, 0.05) is 13.1 Å². The van der Waals surface area contributed by atoms with E-state index in [1.807, 2.05) is 29.2 Å². The molecule has 2 rings (SSSR count). The lowest BCUT2D eigenvalue weighted by Gasteiger charge is -2.19. The maximum Gasteiger partial charge on any atom is 0.0990 e. The third-order valence-corrected chi connectivity index (χ3v) is 2.54. The average molecular weight is 194 g/mol. The zero-order valence-corrected chi connectivity index (χ0v) is 7.80. The van der Waals surface area contributed by atoms with E-state index in [2.05, 4.69) is 0 Å². The van der Waals surface area contributed by atoms with Crippen molar-refractivity contribution in [1.29, 1.82) is 0 Å². The van der Waals surface area contributed by atoms with E-state index >= 15 is 0 Å². The molecule has 1 aromatic carbocycles. The Balaban J connectivity index is 2.21. The summed E-state index contributed by atoms with van der Waals surface area (Å²) in [6, 6.07) is 7.46. The van der Waals surface area contributed by atoms with E-state index in [0.29, 0.717) is 18.8 Å². The molecule has 0 bridgehead atoms. The highest BCUT2D eigenvalue weighted by molar-refractivity contribution is 5.67. The van der Waals surface area contributed by atoms with Crippen molar-refractivity contribution in [2.24, 2.45) is 0 Å². The van der Waals surface area contributed by atoms with Crippen LogP contribution in [0, 0.1) is 0 Å². The number of anilines is 2. The first-order valence-corrected chi connectivity index (χ1v) is 4.64. The van der Waals surface area contributed by atoms with Gasteiger partial charge in [-0.05, 0) is 12.1 Å². The highest BCUT2D eigenvalue weighted by Crippen LogP contribution is 2.26. The van der Waals surface area contributed by atoms with E-state index < -0.39 is 12.2 Å². The first kappa shape index (κ1) is 9.30. The summed E-state index contributed by atoms with van der Waals surface area (Å²) >= 11 is 0. The van der Waals surface area contributed by atoms with Gasteiger partial charge < -0.3 is 20.8 Å². The minimum atomic E-state index is -0.672. The number of nitrogens with zero attached hydrogens (tertiary/aromatic N) is 1. The molecule has 0 radical (unpaired) electrons. The molecule has 4 N–H and O–H groups in total. The van der Waals surface area contributed by atoms with Gasteiger partial charge in [-0.25, -0.2) is 0 Å². The van der Waals surface area contributed by atoms with Gasteiger partial charge in [0.05, 0.1) is 23.6 Å². The fourth-order valence-corrected chi connectivity index (χ4v) is 1.74. The molecule has 1 fully saturated rings. The maximum absolute atomic E-state index is 9.39. The van der Waals surface area contributed by atoms with Gasteiger partial charge in [0.2, 0.25) is 0 Å². The summed E-state index contributed by atoms with van der Waals surface area (Å²) in [7, 11) is 0. The van der Waals surface area contributed by atoms with Crippen LogP contribution in [-0.4, -0.2) is 35.5 Å². The quantitative estimate of drug-likeness (QED) is 0.542. The van der Waals surface area contributed by atoms with Crippen molar-refractivity contribution in [3.05, 3.63) is 24.3 Å². The van der Waals surface area contributed by atoms with Crippen LogP contribution in [0.2, 0.25) is 0 Å². The molecule has 1 heterocycles. The lowest BCUT2D eigenvalue weighted by atomic mass is 10.2. The molecule has 0 saturated carbocycles. The number of hydrogen-bond acceptors (Lipinski definition) is 4. The molecule has 2 atom stereocenters. The Labute approximate surface area is 82.6 Å². The second kappa shape index (κ2) is 3.48. The lowest BCUT2D eigenvalue weighted by Crippen LogP contribution is -2.22. The molecule has 1 aliphatic heterocycles. The Morgan fingerprint density at radius 3 is 2.29 bits per heavy atom. The Kier molecular flexibility index (Phi) is 2.31. The molecular weight excluding hydrogens is 180 g/mol. The number of β-amino-alcohol motifs (C(OH)–C–C–N with tert-alkyl or cyclic N) is 2. The number of para-hydroxylation sites is 2. The number of aliphatic hydroxyl groups excluding tert-OH is 2. The molecule has 1 saturated heterocycles. The molecule has 4 heteroatoms. The molecule has 0 unspecified atom stereocenters. The van der Waals surface area contributed by atoms with Crippen molar-refractivity contribution in [3.8, 4) is 0 Å². The summed E-state index contributed by atoms with van der Waals surface area (Å²) in [5.74, 6) is 0. The topological polar surface area (TPSA) is 69.7 Å². The zero-order chi connectivity index (χ0) is 10.1. The average Bonchev–Trinajstić information content (AvgIpc) is 2.48. The molecule has 1 aromatic rings. The fraction of sp³-hybridized carbons (Fsp3) is 0.400. The SMILES string of the molecule is Nc1ccccc1N1C[C@H](O)[C@@H](O)C1. The number of nitrogens with two attached hydrogens (primary N) is 1. The zero-order valence-electron chi connectivity index (χ0n) is 7.80. The highest BCUT2D eigenvalue weighted by Gasteiger charge is 2.30. The molecular formula is C10H14N2O2. The summed E-state index contributed by atoms with van der Waals surface area (Å²) in [5, 5.41) is 18.8. The number of rotatable bonds is 1. The van der Waals surface area contributed by atoms with Crippen molar-refractivity contribution < 1.29 is 10.2 Å². The predicted octanol–water partition coefficient (Wildman–Crippen LogP) is -0.189. The normalized spacial score (nSPS) is 26.9. The number of hydrogen-bond donors (Lipinski definition) is 3. The molecule has 0 aromatic heterocycles. The van der Waals surface area contributed by atoms with Gasteiger partial charge in [0.25, 0.3) is 0 Å². The van der Waals surface area contributed by atoms with E-state index in [0.717, 1.165) is 5.69 Å². The van der Waals surface area contributed by atoms with Crippen LogP contribution in [0.5, 0.6) is 0 Å². The molecule has 14 heavy (non-hydrogen) atoms. The minimum absolute atomic E-state index is 0.440. The van der Waals surface area contributed by atoms with Crippen LogP contribution in [0.15, 0.2) is 24.3 Å². The third-order valence-electron chi connectivity index (χ3n) is 2.54. The van der Waals surface area contributed by atoms with Gasteiger partial charge in [-0.3, -0.25) is 0 Å². The predicted molar refractivity (Wildman–Crippen MR) is 55.1 cm³/mol. The van der Waals surface area contributed by atoms with E-state index in [1.165, 1.54) is 0 Å². The van der Waals surface area contributed by atoms with E-state index in [4.69, 9.17) is 5.73 Å². The van der Waals surface area contributed by atoms with Gasteiger partial charge >= 0.3 is 0 Å². The summed E-state index contributed by atoms with van der Waals surface area (Å²) in [6.07, 6.45) is -1.34. The maximum atomic E-state index is 9.39. The van der Waals surface area contributed by atoms with Gasteiger partial charge in [0.1, 0.15) is 0 Å². The van der Waals surface area contributed by atoms with Crippen LogP contribution in [0.3, 0.4) is 0 Å². The Morgan fingerprint density at radius 1 is 1.14 bits per heavy atom. The second-order valence-corrected chi connectivity index (χ2v) is 3.60. The second-order valence-electron chi connectivity index (χ2n) is 3.60. The molecule has 1 aliphatic rings. The van der Waals surface area contributed by atoms with Crippen LogP contribution < -0.4 is 10.6 Å². The van der Waals surface area contributed by atoms with Crippen molar-refractivity contribution in [2.45, 2.75) is 12.2 Å². The molecule has 0 spiro atoms. The summed E-state index contributed by atoms with van der Waals surface area (Å²) < 4.78 is 0. The molecule has 0 amide bonds. The van der Waals surface area contributed by atoms with Crippen molar-refractivity contribution in [3.63, 3.8) is 0 Å². The van der Waals surface area contributed by atoms with Gasteiger partial charge in [-0.2, -0.15) is 0 Å².